The average molecular weight is 266 g/mol. The topological polar surface area (TPSA) is 73.9 Å². The van der Waals surface area contributed by atoms with Crippen LogP contribution in [0.5, 0.6) is 5.88 Å². The lowest BCUT2D eigenvalue weighted by Crippen LogP contribution is -1.95. The van der Waals surface area contributed by atoms with Gasteiger partial charge in [0.15, 0.2) is 0 Å². The molecule has 0 aliphatic carbocycles. The molecule has 0 aromatic carbocycles. The Balaban J connectivity index is 2.05. The molecule has 2 aromatic heterocycles. The number of aromatic nitrogens is 4. The summed E-state index contributed by atoms with van der Waals surface area (Å²) in [6.45, 7) is 4.54. The van der Waals surface area contributed by atoms with Crippen molar-refractivity contribution in [1.29, 1.82) is 0 Å². The Morgan fingerprint density at radius 2 is 2.17 bits per heavy atom. The van der Waals surface area contributed by atoms with Gasteiger partial charge in [-0.1, -0.05) is 6.92 Å². The van der Waals surface area contributed by atoms with Gasteiger partial charge in [0.05, 0.1) is 6.61 Å². The Morgan fingerprint density at radius 3 is 2.94 bits per heavy atom. The normalized spacial score (nSPS) is 10.6. The van der Waals surface area contributed by atoms with Crippen LogP contribution < -0.4 is 4.74 Å². The van der Waals surface area contributed by atoms with E-state index in [1.807, 2.05) is 6.92 Å². The van der Waals surface area contributed by atoms with Crippen molar-refractivity contribution in [1.82, 2.24) is 20.2 Å². The summed E-state index contributed by atoms with van der Waals surface area (Å²) >= 11 is 1.30. The minimum absolute atomic E-state index is 0.486. The maximum atomic E-state index is 5.47. The van der Waals surface area contributed by atoms with Crippen molar-refractivity contribution in [3.8, 4) is 5.88 Å². The standard InChI is InChI=1S/C11H14N4O2S/c1-3-5-8-14-15-11(17-8)18-10-6-9(16-4-2)12-7-13-10/h6-7H,3-5H2,1-2H3. The first-order valence-corrected chi connectivity index (χ1v) is 6.58. The molecule has 0 aliphatic heterocycles. The predicted octanol–water partition coefficient (Wildman–Crippen LogP) is 2.36. The summed E-state index contributed by atoms with van der Waals surface area (Å²) in [5.41, 5.74) is 0. The van der Waals surface area contributed by atoms with Gasteiger partial charge >= 0.3 is 0 Å². The van der Waals surface area contributed by atoms with Gasteiger partial charge in [0.1, 0.15) is 11.4 Å². The van der Waals surface area contributed by atoms with Crippen LogP contribution in [0.1, 0.15) is 26.2 Å². The van der Waals surface area contributed by atoms with Crippen LogP contribution in [0.4, 0.5) is 0 Å². The van der Waals surface area contributed by atoms with Gasteiger partial charge in [-0.15, -0.1) is 10.2 Å². The molecule has 2 heterocycles. The number of ether oxygens (including phenoxy) is 1. The Morgan fingerprint density at radius 1 is 1.28 bits per heavy atom. The van der Waals surface area contributed by atoms with Crippen LogP contribution in [-0.4, -0.2) is 26.8 Å². The molecule has 0 bridgehead atoms. The third-order valence-corrected chi connectivity index (χ3v) is 2.79. The van der Waals surface area contributed by atoms with E-state index in [-0.39, 0.29) is 0 Å². The molecule has 96 valence electrons. The van der Waals surface area contributed by atoms with Crippen LogP contribution in [0.2, 0.25) is 0 Å². The number of hydrogen-bond acceptors (Lipinski definition) is 7. The van der Waals surface area contributed by atoms with Crippen molar-refractivity contribution in [3.63, 3.8) is 0 Å². The fourth-order valence-corrected chi connectivity index (χ4v) is 1.95. The Bertz CT molecular complexity index is 503. The van der Waals surface area contributed by atoms with E-state index in [2.05, 4.69) is 27.1 Å². The molecule has 7 heteroatoms. The van der Waals surface area contributed by atoms with Gasteiger partial charge in [0, 0.05) is 12.5 Å². The number of nitrogens with zero attached hydrogens (tertiary/aromatic N) is 4. The summed E-state index contributed by atoms with van der Waals surface area (Å²) in [4.78, 5) is 8.11. The van der Waals surface area contributed by atoms with E-state index in [4.69, 9.17) is 9.15 Å². The average Bonchev–Trinajstić information content (AvgIpc) is 2.78. The maximum absolute atomic E-state index is 5.47. The van der Waals surface area contributed by atoms with Crippen LogP contribution in [0.15, 0.2) is 27.1 Å². The van der Waals surface area contributed by atoms with Crippen molar-refractivity contribution in [3.05, 3.63) is 18.3 Å². The second-order valence-corrected chi connectivity index (χ2v) is 4.41. The number of rotatable bonds is 6. The van der Waals surface area contributed by atoms with E-state index in [0.29, 0.717) is 23.6 Å². The smallest absolute Gasteiger partial charge is 0.282 e. The van der Waals surface area contributed by atoms with Crippen LogP contribution in [0.25, 0.3) is 0 Å². The molecular formula is C11H14N4O2S. The fraction of sp³-hybridized carbons (Fsp3) is 0.455. The molecule has 6 nitrogen and oxygen atoms in total. The monoisotopic (exact) mass is 266 g/mol. The molecule has 0 saturated carbocycles. The van der Waals surface area contributed by atoms with Gasteiger partial charge in [-0.05, 0) is 25.1 Å². The van der Waals surface area contributed by atoms with Crippen LogP contribution >= 0.6 is 11.8 Å². The minimum Gasteiger partial charge on any atom is -0.478 e. The Hall–Kier alpha value is -1.63. The summed E-state index contributed by atoms with van der Waals surface area (Å²) in [6, 6.07) is 1.75. The lowest BCUT2D eigenvalue weighted by atomic mass is 10.3. The van der Waals surface area contributed by atoms with Crippen LogP contribution in [-0.2, 0) is 6.42 Å². The lowest BCUT2D eigenvalue weighted by Gasteiger charge is -2.01. The van der Waals surface area contributed by atoms with Gasteiger partial charge in [-0.2, -0.15) is 0 Å². The molecule has 2 aromatic rings. The third-order valence-electron chi connectivity index (χ3n) is 2.01. The fourth-order valence-electron chi connectivity index (χ4n) is 1.29. The predicted molar refractivity (Wildman–Crippen MR) is 65.6 cm³/mol. The van der Waals surface area contributed by atoms with Crippen molar-refractivity contribution < 1.29 is 9.15 Å². The summed E-state index contributed by atoms with van der Waals surface area (Å²) in [7, 11) is 0. The quantitative estimate of drug-likeness (QED) is 0.743. The molecule has 0 atom stereocenters. The molecule has 0 saturated heterocycles. The van der Waals surface area contributed by atoms with E-state index < -0.39 is 0 Å². The van der Waals surface area contributed by atoms with Crippen molar-refractivity contribution in [2.24, 2.45) is 0 Å². The van der Waals surface area contributed by atoms with Crippen molar-refractivity contribution in [2.45, 2.75) is 36.9 Å². The summed E-state index contributed by atoms with van der Waals surface area (Å²) in [5.74, 6) is 1.20. The first kappa shape index (κ1) is 12.8. The molecule has 0 unspecified atom stereocenters. The van der Waals surface area contributed by atoms with E-state index in [0.717, 1.165) is 17.9 Å². The SMILES string of the molecule is CCCc1nnc(Sc2cc(OCC)ncn2)o1. The highest BCUT2D eigenvalue weighted by atomic mass is 32.2. The molecule has 0 spiro atoms. The molecule has 0 amide bonds. The molecule has 0 fully saturated rings. The van der Waals surface area contributed by atoms with Crippen molar-refractivity contribution in [2.75, 3.05) is 6.61 Å². The highest BCUT2D eigenvalue weighted by Gasteiger charge is 2.09. The second kappa shape index (κ2) is 6.34. The van der Waals surface area contributed by atoms with Gasteiger partial charge < -0.3 is 9.15 Å². The van der Waals surface area contributed by atoms with Crippen LogP contribution in [0, 0.1) is 0 Å². The van der Waals surface area contributed by atoms with Gasteiger partial charge in [0.25, 0.3) is 5.22 Å². The minimum atomic E-state index is 0.486. The second-order valence-electron chi connectivity index (χ2n) is 3.44. The zero-order chi connectivity index (χ0) is 12.8. The summed E-state index contributed by atoms with van der Waals surface area (Å²) < 4.78 is 10.8. The molecule has 0 aliphatic rings. The van der Waals surface area contributed by atoms with E-state index in [1.165, 1.54) is 18.1 Å². The van der Waals surface area contributed by atoms with Gasteiger partial charge in [-0.3, -0.25) is 0 Å². The van der Waals surface area contributed by atoms with E-state index in [9.17, 15) is 0 Å². The number of aryl methyl sites for hydroxylation is 1. The number of hydrogen-bond donors (Lipinski definition) is 0. The zero-order valence-corrected chi connectivity index (χ0v) is 11.1. The van der Waals surface area contributed by atoms with Crippen LogP contribution in [0.3, 0.4) is 0 Å². The summed E-state index contributed by atoms with van der Waals surface area (Å²) in [6.07, 6.45) is 3.23. The highest BCUT2D eigenvalue weighted by Crippen LogP contribution is 2.26. The van der Waals surface area contributed by atoms with E-state index >= 15 is 0 Å². The zero-order valence-electron chi connectivity index (χ0n) is 10.3. The first-order chi connectivity index (χ1) is 8.81. The molecule has 18 heavy (non-hydrogen) atoms. The summed E-state index contributed by atoms with van der Waals surface area (Å²) in [5, 5.41) is 9.11. The molecular weight excluding hydrogens is 252 g/mol. The Kier molecular flexibility index (Phi) is 4.52. The molecule has 0 N–H and O–H groups in total. The van der Waals surface area contributed by atoms with E-state index in [1.54, 1.807) is 6.07 Å². The molecule has 2 rings (SSSR count). The largest absolute Gasteiger partial charge is 0.478 e. The lowest BCUT2D eigenvalue weighted by molar-refractivity contribution is 0.324. The van der Waals surface area contributed by atoms with Crippen molar-refractivity contribution >= 4 is 11.8 Å². The first-order valence-electron chi connectivity index (χ1n) is 5.77. The third kappa shape index (κ3) is 3.43. The molecule has 0 radical (unpaired) electrons. The van der Waals surface area contributed by atoms with Gasteiger partial charge in [0.2, 0.25) is 11.8 Å². The Labute approximate surface area is 109 Å². The van der Waals surface area contributed by atoms with Gasteiger partial charge in [-0.25, -0.2) is 9.97 Å². The maximum Gasteiger partial charge on any atom is 0.282 e. The highest BCUT2D eigenvalue weighted by molar-refractivity contribution is 7.99.